The Morgan fingerprint density at radius 2 is 1.48 bits per heavy atom. The van der Waals surface area contributed by atoms with E-state index in [1.807, 2.05) is 54.6 Å². The van der Waals surface area contributed by atoms with Gasteiger partial charge in [-0.2, -0.15) is 10.2 Å². The summed E-state index contributed by atoms with van der Waals surface area (Å²) in [4.78, 5) is 10.9. The fourth-order valence-corrected chi connectivity index (χ4v) is 1.99. The summed E-state index contributed by atoms with van der Waals surface area (Å²) < 4.78 is 5.07. The highest BCUT2D eigenvalue weighted by Gasteiger charge is 2.24. The predicted molar refractivity (Wildman–Crippen MR) is 82.4 cm³/mol. The first kappa shape index (κ1) is 15.2. The summed E-state index contributed by atoms with van der Waals surface area (Å²) in [6.45, 7) is 3.54. The number of hydrogen-bond donors (Lipinski definition) is 0. The second kappa shape index (κ2) is 6.50. The lowest BCUT2D eigenvalue weighted by atomic mass is 9.98. The largest absolute Gasteiger partial charge is 0.443 e. The SMILES string of the molecule is CC(C)(OC(=O)Cl)c1ccc(N=Nc2ccccc2)cc1. The first-order valence-corrected chi connectivity index (χ1v) is 6.81. The third-order valence-corrected chi connectivity index (χ3v) is 3.01. The monoisotopic (exact) mass is 302 g/mol. The zero-order valence-corrected chi connectivity index (χ0v) is 12.5. The van der Waals surface area contributed by atoms with Crippen molar-refractivity contribution in [2.45, 2.75) is 19.4 Å². The van der Waals surface area contributed by atoms with Gasteiger partial charge in [0, 0.05) is 11.6 Å². The third-order valence-electron chi connectivity index (χ3n) is 2.94. The van der Waals surface area contributed by atoms with Crippen LogP contribution in [0.15, 0.2) is 64.8 Å². The quantitative estimate of drug-likeness (QED) is 0.536. The van der Waals surface area contributed by atoms with Gasteiger partial charge in [-0.1, -0.05) is 30.3 Å². The minimum atomic E-state index is -0.826. The molecule has 0 fully saturated rings. The average molecular weight is 303 g/mol. The van der Waals surface area contributed by atoms with Crippen LogP contribution in [0, 0.1) is 0 Å². The molecule has 0 aliphatic heterocycles. The van der Waals surface area contributed by atoms with E-state index < -0.39 is 11.0 Å². The zero-order valence-electron chi connectivity index (χ0n) is 11.8. The van der Waals surface area contributed by atoms with Crippen molar-refractivity contribution in [2.75, 3.05) is 0 Å². The van der Waals surface area contributed by atoms with E-state index in [0.29, 0.717) is 0 Å². The van der Waals surface area contributed by atoms with Crippen LogP contribution in [-0.4, -0.2) is 5.43 Å². The highest BCUT2D eigenvalue weighted by Crippen LogP contribution is 2.28. The minimum absolute atomic E-state index is 0.718. The van der Waals surface area contributed by atoms with E-state index in [0.717, 1.165) is 16.9 Å². The summed E-state index contributed by atoms with van der Waals surface area (Å²) >= 11 is 5.27. The third kappa shape index (κ3) is 4.39. The number of benzene rings is 2. The molecular formula is C16H15ClN2O2. The van der Waals surface area contributed by atoms with Crippen LogP contribution < -0.4 is 0 Å². The molecular weight excluding hydrogens is 288 g/mol. The van der Waals surface area contributed by atoms with Crippen LogP contribution in [-0.2, 0) is 10.3 Å². The highest BCUT2D eigenvalue weighted by atomic mass is 35.5. The Morgan fingerprint density at radius 3 is 2.00 bits per heavy atom. The molecule has 0 N–H and O–H groups in total. The molecule has 0 aliphatic rings. The Labute approximate surface area is 128 Å². The molecule has 0 amide bonds. The Hall–Kier alpha value is -2.20. The number of halogens is 1. The Balaban J connectivity index is 2.12. The summed E-state index contributed by atoms with van der Waals surface area (Å²) in [6.07, 6.45) is 0. The van der Waals surface area contributed by atoms with Gasteiger partial charge in [-0.25, -0.2) is 4.79 Å². The van der Waals surface area contributed by atoms with Gasteiger partial charge in [0.15, 0.2) is 0 Å². The maximum absolute atomic E-state index is 10.9. The maximum atomic E-state index is 10.9. The number of carbonyl (C=O) groups is 1. The van der Waals surface area contributed by atoms with Gasteiger partial charge in [-0.15, -0.1) is 0 Å². The number of rotatable bonds is 4. The van der Waals surface area contributed by atoms with Crippen LogP contribution in [0.3, 0.4) is 0 Å². The first-order chi connectivity index (χ1) is 9.97. The van der Waals surface area contributed by atoms with E-state index in [1.165, 1.54) is 0 Å². The van der Waals surface area contributed by atoms with Crippen molar-refractivity contribution in [1.29, 1.82) is 0 Å². The first-order valence-electron chi connectivity index (χ1n) is 6.43. The molecule has 0 unspecified atom stereocenters. The summed E-state index contributed by atoms with van der Waals surface area (Å²) in [6, 6.07) is 16.8. The molecule has 4 nitrogen and oxygen atoms in total. The summed E-state index contributed by atoms with van der Waals surface area (Å²) in [5.74, 6) is 0. The highest BCUT2D eigenvalue weighted by molar-refractivity contribution is 6.61. The van der Waals surface area contributed by atoms with Crippen LogP contribution in [0.5, 0.6) is 0 Å². The molecule has 21 heavy (non-hydrogen) atoms. The molecule has 0 aliphatic carbocycles. The van der Waals surface area contributed by atoms with Gasteiger partial charge in [0.25, 0.3) is 0 Å². The normalized spacial score (nSPS) is 11.6. The van der Waals surface area contributed by atoms with Crippen LogP contribution in [0.2, 0.25) is 0 Å². The van der Waals surface area contributed by atoms with Gasteiger partial charge >= 0.3 is 5.43 Å². The summed E-state index contributed by atoms with van der Waals surface area (Å²) in [5.41, 5.74) is 0.727. The fraction of sp³-hybridized carbons (Fsp3) is 0.188. The van der Waals surface area contributed by atoms with E-state index in [4.69, 9.17) is 16.3 Å². The van der Waals surface area contributed by atoms with Crippen molar-refractivity contribution in [1.82, 2.24) is 0 Å². The maximum Gasteiger partial charge on any atom is 0.404 e. The molecule has 2 aromatic rings. The Kier molecular flexibility index (Phi) is 4.70. The predicted octanol–water partition coefficient (Wildman–Crippen LogP) is 5.71. The molecule has 5 heteroatoms. The van der Waals surface area contributed by atoms with Crippen LogP contribution >= 0.6 is 11.6 Å². The van der Waals surface area contributed by atoms with Crippen LogP contribution in [0.25, 0.3) is 0 Å². The molecule has 2 aromatic carbocycles. The lowest BCUT2D eigenvalue weighted by Crippen LogP contribution is -2.22. The van der Waals surface area contributed by atoms with Crippen molar-refractivity contribution in [3.8, 4) is 0 Å². The van der Waals surface area contributed by atoms with E-state index in [1.54, 1.807) is 13.8 Å². The van der Waals surface area contributed by atoms with Crippen molar-refractivity contribution < 1.29 is 9.53 Å². The molecule has 0 radical (unpaired) electrons. The number of azo groups is 1. The molecule has 0 aromatic heterocycles. The number of nitrogens with zero attached hydrogens (tertiary/aromatic N) is 2. The molecule has 0 bridgehead atoms. The molecule has 2 rings (SSSR count). The smallest absolute Gasteiger partial charge is 0.404 e. The Bertz CT molecular complexity index is 637. The molecule has 0 atom stereocenters. The number of ether oxygens (including phenoxy) is 1. The van der Waals surface area contributed by atoms with Gasteiger partial charge in [0.05, 0.1) is 11.4 Å². The molecule has 0 saturated carbocycles. The standard InChI is InChI=1S/C16H15ClN2O2/c1-16(2,21-15(17)20)12-8-10-14(11-9-12)19-18-13-6-4-3-5-7-13/h3-11H,1-2H3. The number of hydrogen-bond acceptors (Lipinski definition) is 4. The van der Waals surface area contributed by atoms with Crippen LogP contribution in [0.4, 0.5) is 16.2 Å². The summed E-state index contributed by atoms with van der Waals surface area (Å²) in [7, 11) is 0. The number of carbonyl (C=O) groups excluding carboxylic acids is 1. The average Bonchev–Trinajstić information content (AvgIpc) is 2.45. The second-order valence-electron chi connectivity index (χ2n) is 4.93. The molecule has 0 heterocycles. The van der Waals surface area contributed by atoms with E-state index in [2.05, 4.69) is 10.2 Å². The topological polar surface area (TPSA) is 51.0 Å². The van der Waals surface area contributed by atoms with Gasteiger partial charge in [-0.05, 0) is 43.7 Å². The van der Waals surface area contributed by atoms with Gasteiger partial charge < -0.3 is 4.74 Å². The second-order valence-corrected chi connectivity index (χ2v) is 5.24. The van der Waals surface area contributed by atoms with Gasteiger partial charge in [0.1, 0.15) is 5.60 Å². The van der Waals surface area contributed by atoms with Crippen molar-refractivity contribution >= 4 is 28.4 Å². The van der Waals surface area contributed by atoms with Gasteiger partial charge in [0.2, 0.25) is 0 Å². The van der Waals surface area contributed by atoms with Crippen LogP contribution in [0.1, 0.15) is 19.4 Å². The fourth-order valence-electron chi connectivity index (χ4n) is 1.80. The van der Waals surface area contributed by atoms with E-state index in [9.17, 15) is 4.79 Å². The lowest BCUT2D eigenvalue weighted by Gasteiger charge is -2.24. The van der Waals surface area contributed by atoms with Gasteiger partial charge in [-0.3, -0.25) is 0 Å². The van der Waals surface area contributed by atoms with E-state index >= 15 is 0 Å². The zero-order chi connectivity index (χ0) is 15.3. The Morgan fingerprint density at radius 1 is 0.952 bits per heavy atom. The molecule has 108 valence electrons. The van der Waals surface area contributed by atoms with Crippen molar-refractivity contribution in [3.63, 3.8) is 0 Å². The molecule has 0 spiro atoms. The van der Waals surface area contributed by atoms with Crippen molar-refractivity contribution in [3.05, 3.63) is 60.2 Å². The summed E-state index contributed by atoms with van der Waals surface area (Å²) in [5, 5.41) is 8.29. The van der Waals surface area contributed by atoms with E-state index in [-0.39, 0.29) is 0 Å². The molecule has 0 saturated heterocycles. The van der Waals surface area contributed by atoms with Crippen molar-refractivity contribution in [2.24, 2.45) is 10.2 Å². The lowest BCUT2D eigenvalue weighted by molar-refractivity contribution is 0.0552. The minimum Gasteiger partial charge on any atom is -0.443 e.